The lowest BCUT2D eigenvalue weighted by atomic mass is 10.3. The van der Waals surface area contributed by atoms with E-state index in [4.69, 9.17) is 5.14 Å². The molecule has 0 unspecified atom stereocenters. The third kappa shape index (κ3) is 5.13. The van der Waals surface area contributed by atoms with Crippen molar-refractivity contribution in [2.24, 2.45) is 5.14 Å². The second-order valence-electron chi connectivity index (χ2n) is 5.66. The van der Waals surface area contributed by atoms with Crippen molar-refractivity contribution >= 4 is 48.9 Å². The zero-order valence-corrected chi connectivity index (χ0v) is 17.5. The van der Waals surface area contributed by atoms with Gasteiger partial charge in [0.1, 0.15) is 4.90 Å². The Hall–Kier alpha value is -1.89. The maximum atomic E-state index is 12.0. The third-order valence-corrected chi connectivity index (χ3v) is 7.55. The first kappa shape index (κ1) is 20.8. The van der Waals surface area contributed by atoms with Crippen molar-refractivity contribution < 1.29 is 21.4 Å². The molecule has 0 saturated heterocycles. The van der Waals surface area contributed by atoms with E-state index in [1.54, 1.807) is 24.3 Å². The number of nitrogens with one attached hydrogen (secondary N) is 1. The van der Waals surface area contributed by atoms with Gasteiger partial charge < -0.3 is 5.32 Å². The van der Waals surface area contributed by atoms with Gasteiger partial charge in [0.2, 0.25) is 10.0 Å². The topological polar surface area (TPSA) is 127 Å². The fraction of sp³-hybridized carbons (Fsp3) is 0.0588. The largest absolute Gasteiger partial charge is 0.379 e. The van der Waals surface area contributed by atoms with Crippen LogP contribution in [-0.2, 0) is 26.7 Å². The molecule has 148 valence electrons. The quantitative estimate of drug-likeness (QED) is 0.465. The summed E-state index contributed by atoms with van der Waals surface area (Å²) >= 11 is 2.60. The molecular formula is C17H16N2O5S4. The molecule has 0 aliphatic carbocycles. The molecule has 28 heavy (non-hydrogen) atoms. The lowest BCUT2D eigenvalue weighted by Crippen LogP contribution is -2.15. The fourth-order valence-corrected chi connectivity index (χ4v) is 5.78. The predicted octanol–water partition coefficient (Wildman–Crippen LogP) is 3.41. The number of sulfonamides is 1. The van der Waals surface area contributed by atoms with Crippen molar-refractivity contribution in [1.29, 1.82) is 0 Å². The van der Waals surface area contributed by atoms with E-state index in [1.165, 1.54) is 17.4 Å². The van der Waals surface area contributed by atoms with Gasteiger partial charge in [-0.25, -0.2) is 13.6 Å². The molecule has 0 saturated carbocycles. The van der Waals surface area contributed by atoms with Crippen LogP contribution in [0.15, 0.2) is 79.6 Å². The highest BCUT2D eigenvalue weighted by Gasteiger charge is 2.24. The Balaban J connectivity index is 2.12. The van der Waals surface area contributed by atoms with Crippen molar-refractivity contribution in [3.8, 4) is 0 Å². The van der Waals surface area contributed by atoms with Crippen molar-refractivity contribution in [3.05, 3.63) is 64.9 Å². The predicted molar refractivity (Wildman–Crippen MR) is 110 cm³/mol. The third-order valence-electron chi connectivity index (χ3n) is 3.63. The lowest BCUT2D eigenvalue weighted by molar-refractivity contribution is 0.483. The maximum absolute atomic E-state index is 12.0. The minimum absolute atomic E-state index is 0.0849. The number of rotatable bonds is 7. The monoisotopic (exact) mass is 456 g/mol. The summed E-state index contributed by atoms with van der Waals surface area (Å²) in [6, 6.07) is 14.9. The summed E-state index contributed by atoms with van der Waals surface area (Å²) in [5.41, 5.74) is 0.0849. The molecule has 3 rings (SSSR count). The summed E-state index contributed by atoms with van der Waals surface area (Å²) in [7, 11) is -8.92. The van der Waals surface area contributed by atoms with Gasteiger partial charge in [0.25, 0.3) is 10.1 Å². The summed E-state index contributed by atoms with van der Waals surface area (Å²) in [5.74, 6) is 0. The van der Waals surface area contributed by atoms with Crippen LogP contribution in [0, 0.1) is 0 Å². The highest BCUT2D eigenvalue weighted by Crippen LogP contribution is 2.37. The summed E-state index contributed by atoms with van der Waals surface area (Å²) in [6.45, 7) is 0.310. The van der Waals surface area contributed by atoms with Gasteiger partial charge >= 0.3 is 0 Å². The fourth-order valence-electron chi connectivity index (χ4n) is 2.41. The van der Waals surface area contributed by atoms with Crippen LogP contribution < -0.4 is 10.5 Å². The number of anilines is 1. The van der Waals surface area contributed by atoms with E-state index in [-0.39, 0.29) is 15.5 Å². The van der Waals surface area contributed by atoms with Crippen LogP contribution in [0.1, 0.15) is 4.88 Å². The van der Waals surface area contributed by atoms with E-state index < -0.39 is 25.0 Å². The highest BCUT2D eigenvalue weighted by molar-refractivity contribution is 8.00. The zero-order chi connectivity index (χ0) is 20.4. The van der Waals surface area contributed by atoms with Gasteiger partial charge in [0.05, 0.1) is 10.6 Å². The number of nitrogens with two attached hydrogens (primary N) is 1. The average molecular weight is 457 g/mol. The molecule has 0 amide bonds. The van der Waals surface area contributed by atoms with E-state index in [1.807, 2.05) is 23.6 Å². The van der Waals surface area contributed by atoms with Crippen molar-refractivity contribution in [1.82, 2.24) is 0 Å². The summed E-state index contributed by atoms with van der Waals surface area (Å²) in [4.78, 5) is 1.00. The van der Waals surface area contributed by atoms with Gasteiger partial charge in [0, 0.05) is 21.2 Å². The van der Waals surface area contributed by atoms with Crippen LogP contribution in [0.3, 0.4) is 0 Å². The van der Waals surface area contributed by atoms with Crippen molar-refractivity contribution in [2.45, 2.75) is 26.1 Å². The molecule has 0 spiro atoms. The van der Waals surface area contributed by atoms with Gasteiger partial charge in [-0.3, -0.25) is 4.55 Å². The van der Waals surface area contributed by atoms with Crippen molar-refractivity contribution in [3.63, 3.8) is 0 Å². The average Bonchev–Trinajstić information content (AvgIpc) is 3.12. The van der Waals surface area contributed by atoms with E-state index >= 15 is 0 Å². The summed E-state index contributed by atoms with van der Waals surface area (Å²) in [5, 5.41) is 10.1. The minimum Gasteiger partial charge on any atom is -0.379 e. The number of primary sulfonamides is 1. The number of thiophene rings is 1. The molecule has 0 aliphatic rings. The highest BCUT2D eigenvalue weighted by atomic mass is 32.2. The molecule has 0 radical (unpaired) electrons. The van der Waals surface area contributed by atoms with Crippen molar-refractivity contribution in [2.75, 3.05) is 5.32 Å². The molecule has 1 aromatic heterocycles. The first-order chi connectivity index (χ1) is 13.1. The number of hydrogen-bond donors (Lipinski definition) is 3. The molecule has 3 aromatic rings. The molecule has 0 atom stereocenters. The van der Waals surface area contributed by atoms with E-state index in [0.29, 0.717) is 6.54 Å². The summed E-state index contributed by atoms with van der Waals surface area (Å²) < 4.78 is 57.4. The standard InChI is InChI=1S/C17H16N2O5S4/c18-27(20,21)17-10-16(28(22,23)24)14(19-11-13-7-4-8-25-13)9-15(17)26-12-5-2-1-3-6-12/h1-10,19H,11H2,(H2,18,20,21)(H,22,23,24). The van der Waals surface area contributed by atoms with Crippen LogP contribution in [0.5, 0.6) is 0 Å². The molecule has 0 bridgehead atoms. The van der Waals surface area contributed by atoms with Gasteiger partial charge in [-0.2, -0.15) is 8.42 Å². The molecular weight excluding hydrogens is 440 g/mol. The van der Waals surface area contributed by atoms with Gasteiger partial charge in [-0.15, -0.1) is 11.3 Å². The second-order valence-corrected chi connectivity index (χ2v) is 10.7. The van der Waals surface area contributed by atoms with E-state index in [0.717, 1.165) is 27.6 Å². The molecule has 11 heteroatoms. The Morgan fingerprint density at radius 3 is 2.29 bits per heavy atom. The van der Waals surface area contributed by atoms with Gasteiger partial charge in [-0.1, -0.05) is 36.0 Å². The van der Waals surface area contributed by atoms with Crippen LogP contribution in [0.2, 0.25) is 0 Å². The first-order valence-corrected chi connectivity index (χ1v) is 12.5. The molecule has 7 nitrogen and oxygen atoms in total. The van der Waals surface area contributed by atoms with Gasteiger partial charge in [-0.05, 0) is 35.7 Å². The Morgan fingerprint density at radius 1 is 1.00 bits per heavy atom. The number of benzene rings is 2. The van der Waals surface area contributed by atoms with Crippen LogP contribution in [-0.4, -0.2) is 21.4 Å². The van der Waals surface area contributed by atoms with Crippen LogP contribution in [0.25, 0.3) is 0 Å². The SMILES string of the molecule is NS(=O)(=O)c1cc(S(=O)(=O)O)c(NCc2cccs2)cc1Sc1ccccc1. The minimum atomic E-state index is -4.69. The Bertz CT molecular complexity index is 1180. The molecule has 0 fully saturated rings. The Kier molecular flexibility index (Phi) is 6.12. The molecule has 4 N–H and O–H groups in total. The smallest absolute Gasteiger partial charge is 0.296 e. The molecule has 0 aliphatic heterocycles. The van der Waals surface area contributed by atoms with Gasteiger partial charge in [0.15, 0.2) is 0 Å². The summed E-state index contributed by atoms with van der Waals surface area (Å²) in [6.07, 6.45) is 0. The zero-order valence-electron chi connectivity index (χ0n) is 14.3. The van der Waals surface area contributed by atoms with Crippen LogP contribution in [0.4, 0.5) is 5.69 Å². The lowest BCUT2D eigenvalue weighted by Gasteiger charge is -2.15. The normalized spacial score (nSPS) is 12.1. The second kappa shape index (κ2) is 8.23. The molecule has 2 aromatic carbocycles. The van der Waals surface area contributed by atoms with E-state index in [2.05, 4.69) is 5.32 Å². The molecule has 1 heterocycles. The maximum Gasteiger partial charge on any atom is 0.296 e. The van der Waals surface area contributed by atoms with Crippen LogP contribution >= 0.6 is 23.1 Å². The Labute approximate surface area is 171 Å². The Morgan fingerprint density at radius 2 is 1.71 bits per heavy atom. The first-order valence-electron chi connectivity index (χ1n) is 7.82. The van der Waals surface area contributed by atoms with E-state index in [9.17, 15) is 21.4 Å². The number of hydrogen-bond acceptors (Lipinski definition) is 7.